The topological polar surface area (TPSA) is 88.9 Å². The number of aromatic amines is 1. The van der Waals surface area contributed by atoms with Crippen molar-refractivity contribution in [3.05, 3.63) is 64.8 Å². The molecule has 0 bridgehead atoms. The minimum absolute atomic E-state index is 0.235. The summed E-state index contributed by atoms with van der Waals surface area (Å²) in [5.74, 6) is 1.40. The number of methoxy groups -OCH3 is 1. The van der Waals surface area contributed by atoms with Gasteiger partial charge in [0.1, 0.15) is 11.3 Å². The molecular formula is C20H20N6O2S. The van der Waals surface area contributed by atoms with Crippen molar-refractivity contribution in [2.75, 3.05) is 25.3 Å². The second-order valence-corrected chi connectivity index (χ2v) is 7.14. The van der Waals surface area contributed by atoms with Gasteiger partial charge >= 0.3 is 5.69 Å². The number of hydrogen-bond donors (Lipinski definition) is 1. The Kier molecular flexibility index (Phi) is 5.22. The minimum atomic E-state index is -0.235. The van der Waals surface area contributed by atoms with E-state index in [0.717, 1.165) is 17.0 Å². The lowest BCUT2D eigenvalue weighted by Gasteiger charge is -2.19. The van der Waals surface area contributed by atoms with Crippen molar-refractivity contribution >= 4 is 34.4 Å². The Morgan fingerprint density at radius 2 is 2.00 bits per heavy atom. The summed E-state index contributed by atoms with van der Waals surface area (Å²) in [4.78, 5) is 30.9. The zero-order valence-electron chi connectivity index (χ0n) is 16.3. The molecule has 0 saturated carbocycles. The van der Waals surface area contributed by atoms with Crippen LogP contribution < -0.4 is 15.3 Å². The van der Waals surface area contributed by atoms with Crippen molar-refractivity contribution in [1.29, 1.82) is 0 Å². The quantitative estimate of drug-likeness (QED) is 0.387. The van der Waals surface area contributed by atoms with Gasteiger partial charge in [-0.3, -0.25) is 9.55 Å². The van der Waals surface area contributed by atoms with Crippen LogP contribution in [0.2, 0.25) is 0 Å². The fourth-order valence-electron chi connectivity index (χ4n) is 3.08. The zero-order chi connectivity index (χ0) is 20.4. The van der Waals surface area contributed by atoms with E-state index in [4.69, 9.17) is 4.74 Å². The molecular weight excluding hydrogens is 388 g/mol. The summed E-state index contributed by atoms with van der Waals surface area (Å²) in [6.07, 6.45) is 5.36. The number of nitrogens with one attached hydrogen (secondary N) is 1. The molecule has 0 aliphatic heterocycles. The van der Waals surface area contributed by atoms with Gasteiger partial charge in [0, 0.05) is 25.1 Å². The van der Waals surface area contributed by atoms with Crippen LogP contribution in [0.4, 0.5) is 11.5 Å². The fourth-order valence-corrected chi connectivity index (χ4v) is 3.43. The first-order chi connectivity index (χ1) is 14.1. The van der Waals surface area contributed by atoms with E-state index in [1.54, 1.807) is 24.1 Å². The average Bonchev–Trinajstić information content (AvgIpc) is 3.08. The first-order valence-corrected chi connectivity index (χ1v) is 10.1. The highest BCUT2D eigenvalue weighted by Gasteiger charge is 2.19. The molecule has 0 aliphatic carbocycles. The summed E-state index contributed by atoms with van der Waals surface area (Å²) >= 11 is 1.43. The van der Waals surface area contributed by atoms with Crippen LogP contribution in [0.1, 0.15) is 5.56 Å². The molecule has 4 aromatic rings. The molecule has 0 fully saturated rings. The lowest BCUT2D eigenvalue weighted by molar-refractivity contribution is 0.415. The van der Waals surface area contributed by atoms with E-state index < -0.39 is 0 Å². The van der Waals surface area contributed by atoms with Crippen molar-refractivity contribution in [2.24, 2.45) is 0 Å². The van der Waals surface area contributed by atoms with Crippen LogP contribution in [0.15, 0.2) is 58.7 Å². The Bertz CT molecular complexity index is 1190. The van der Waals surface area contributed by atoms with E-state index in [0.29, 0.717) is 28.7 Å². The maximum Gasteiger partial charge on any atom is 0.328 e. The third-order valence-electron chi connectivity index (χ3n) is 4.61. The number of aromatic nitrogens is 5. The Labute approximate surface area is 171 Å². The highest BCUT2D eigenvalue weighted by atomic mass is 32.2. The molecule has 0 unspecified atom stereocenters. The van der Waals surface area contributed by atoms with E-state index in [-0.39, 0.29) is 5.69 Å². The van der Waals surface area contributed by atoms with Gasteiger partial charge < -0.3 is 14.6 Å². The molecule has 1 N–H and O–H groups in total. The average molecular weight is 408 g/mol. The third kappa shape index (κ3) is 3.68. The molecule has 9 heteroatoms. The number of rotatable bonds is 6. The maximum absolute atomic E-state index is 12.7. The molecule has 29 heavy (non-hydrogen) atoms. The van der Waals surface area contributed by atoms with E-state index in [1.807, 2.05) is 54.6 Å². The summed E-state index contributed by atoms with van der Waals surface area (Å²) in [6.45, 7) is 0.378. The molecule has 148 valence electrons. The lowest BCUT2D eigenvalue weighted by atomic mass is 10.2. The van der Waals surface area contributed by atoms with Crippen molar-refractivity contribution in [3.63, 3.8) is 0 Å². The number of imidazole rings is 1. The number of pyridine rings is 1. The van der Waals surface area contributed by atoms with Gasteiger partial charge in [0.2, 0.25) is 0 Å². The molecule has 4 rings (SSSR count). The highest BCUT2D eigenvalue weighted by molar-refractivity contribution is 7.98. The van der Waals surface area contributed by atoms with Crippen LogP contribution in [0.3, 0.4) is 0 Å². The molecule has 0 amide bonds. The Hall–Kier alpha value is -3.33. The summed E-state index contributed by atoms with van der Waals surface area (Å²) < 4.78 is 6.84. The fraction of sp³-hybridized carbons (Fsp3) is 0.200. The van der Waals surface area contributed by atoms with Crippen LogP contribution >= 0.6 is 11.8 Å². The van der Waals surface area contributed by atoms with E-state index >= 15 is 0 Å². The molecule has 1 aromatic carbocycles. The van der Waals surface area contributed by atoms with Crippen molar-refractivity contribution in [1.82, 2.24) is 24.5 Å². The van der Waals surface area contributed by atoms with E-state index in [9.17, 15) is 4.79 Å². The second kappa shape index (κ2) is 7.96. The van der Waals surface area contributed by atoms with Gasteiger partial charge in [0.25, 0.3) is 0 Å². The number of benzene rings is 1. The van der Waals surface area contributed by atoms with Gasteiger partial charge in [-0.25, -0.2) is 14.8 Å². The van der Waals surface area contributed by atoms with Crippen LogP contribution in [0.5, 0.6) is 5.75 Å². The lowest BCUT2D eigenvalue weighted by Crippen LogP contribution is -2.17. The summed E-state index contributed by atoms with van der Waals surface area (Å²) in [7, 11) is 3.54. The SMILES string of the molecule is COc1ccc(N(C)c2nc(SC)nc3c2[nH]c(=O)n3Cc2cccnc2)cc1. The van der Waals surface area contributed by atoms with E-state index in [1.165, 1.54) is 11.8 Å². The molecule has 0 radical (unpaired) electrons. The summed E-state index contributed by atoms with van der Waals surface area (Å²) in [5, 5.41) is 0.590. The number of hydrogen-bond acceptors (Lipinski definition) is 7. The van der Waals surface area contributed by atoms with E-state index in [2.05, 4.69) is 19.9 Å². The molecule has 0 saturated heterocycles. The number of fused-ring (bicyclic) bond motifs is 1. The van der Waals surface area contributed by atoms with Gasteiger partial charge in [-0.15, -0.1) is 0 Å². The van der Waals surface area contributed by atoms with Crippen LogP contribution in [-0.4, -0.2) is 44.9 Å². The first-order valence-electron chi connectivity index (χ1n) is 8.92. The summed E-state index contributed by atoms with van der Waals surface area (Å²) in [6, 6.07) is 11.4. The van der Waals surface area contributed by atoms with Crippen molar-refractivity contribution in [2.45, 2.75) is 11.7 Å². The van der Waals surface area contributed by atoms with Gasteiger partial charge in [0.15, 0.2) is 16.6 Å². The first kappa shape index (κ1) is 19.0. The smallest absolute Gasteiger partial charge is 0.328 e. The van der Waals surface area contributed by atoms with Crippen LogP contribution in [-0.2, 0) is 6.54 Å². The summed E-state index contributed by atoms with van der Waals surface area (Å²) in [5.41, 5.74) is 2.76. The monoisotopic (exact) mass is 408 g/mol. The number of ether oxygens (including phenoxy) is 1. The Morgan fingerprint density at radius 3 is 2.66 bits per heavy atom. The largest absolute Gasteiger partial charge is 0.497 e. The molecule has 0 atom stereocenters. The van der Waals surface area contributed by atoms with Crippen molar-refractivity contribution < 1.29 is 4.74 Å². The number of anilines is 2. The minimum Gasteiger partial charge on any atom is -0.497 e. The third-order valence-corrected chi connectivity index (χ3v) is 5.15. The number of H-pyrrole nitrogens is 1. The molecule has 0 aliphatic rings. The van der Waals surface area contributed by atoms with Gasteiger partial charge in [-0.2, -0.15) is 0 Å². The predicted octanol–water partition coefficient (Wildman–Crippen LogP) is 3.06. The van der Waals surface area contributed by atoms with Gasteiger partial charge in [0.05, 0.1) is 13.7 Å². The van der Waals surface area contributed by atoms with Crippen LogP contribution in [0, 0.1) is 0 Å². The molecule has 3 heterocycles. The van der Waals surface area contributed by atoms with Gasteiger partial charge in [-0.1, -0.05) is 17.8 Å². The standard InChI is InChI=1S/C20H20N6O2S/c1-25(14-6-8-15(28-2)9-7-14)17-16-18(24-19(23-17)29-3)26(20(27)22-16)12-13-5-4-10-21-11-13/h4-11H,12H2,1-3H3,(H,22,27). The predicted molar refractivity (Wildman–Crippen MR) is 114 cm³/mol. The molecule has 8 nitrogen and oxygen atoms in total. The zero-order valence-corrected chi connectivity index (χ0v) is 17.1. The molecule has 3 aromatic heterocycles. The number of thioether (sulfide) groups is 1. The normalized spacial score (nSPS) is 11.0. The number of nitrogens with zero attached hydrogens (tertiary/aromatic N) is 5. The second-order valence-electron chi connectivity index (χ2n) is 6.37. The Balaban J connectivity index is 1.83. The Morgan fingerprint density at radius 1 is 1.21 bits per heavy atom. The molecule has 0 spiro atoms. The van der Waals surface area contributed by atoms with Crippen LogP contribution in [0.25, 0.3) is 11.2 Å². The van der Waals surface area contributed by atoms with Gasteiger partial charge in [-0.05, 0) is 42.2 Å². The van der Waals surface area contributed by atoms with Crippen molar-refractivity contribution in [3.8, 4) is 5.75 Å². The highest BCUT2D eigenvalue weighted by Crippen LogP contribution is 2.30. The maximum atomic E-state index is 12.7.